The van der Waals surface area contributed by atoms with Crippen molar-refractivity contribution >= 4 is 44.7 Å². The Labute approximate surface area is 361 Å². The number of nitrogens with one attached hydrogen (secondary N) is 3. The molecular formula is C44H59F2N5O10S. The van der Waals surface area contributed by atoms with Crippen molar-refractivity contribution in [3.05, 3.63) is 41.6 Å². The van der Waals surface area contributed by atoms with Crippen molar-refractivity contribution in [2.75, 3.05) is 27.4 Å². The molecule has 5 aliphatic rings. The molecule has 1 aromatic carbocycles. The van der Waals surface area contributed by atoms with Crippen LogP contribution in [-0.2, 0) is 39.8 Å². The van der Waals surface area contributed by atoms with Crippen LogP contribution < -0.4 is 24.8 Å². The van der Waals surface area contributed by atoms with Crippen LogP contribution >= 0.6 is 0 Å². The van der Waals surface area contributed by atoms with Gasteiger partial charge in [0.1, 0.15) is 34.6 Å². The van der Waals surface area contributed by atoms with Gasteiger partial charge in [0.2, 0.25) is 21.8 Å². The van der Waals surface area contributed by atoms with Gasteiger partial charge in [-0.1, -0.05) is 38.8 Å². The Morgan fingerprint density at radius 2 is 1.85 bits per heavy atom. The highest BCUT2D eigenvalue weighted by Gasteiger charge is 2.65. The van der Waals surface area contributed by atoms with Crippen LogP contribution in [0.2, 0.25) is 0 Å². The number of sulfonamides is 1. The van der Waals surface area contributed by atoms with Gasteiger partial charge in [-0.3, -0.25) is 19.1 Å². The maximum atomic E-state index is 17.1. The maximum absolute atomic E-state index is 17.1. The lowest BCUT2D eigenvalue weighted by Gasteiger charge is -2.41. The fourth-order valence-corrected chi connectivity index (χ4v) is 10.3. The Bertz CT molecular complexity index is 2270. The van der Waals surface area contributed by atoms with Crippen LogP contribution in [0, 0.1) is 5.92 Å². The molecule has 18 heteroatoms. The van der Waals surface area contributed by atoms with E-state index in [0.717, 1.165) is 4.90 Å². The molecule has 3 fully saturated rings. The van der Waals surface area contributed by atoms with Crippen molar-refractivity contribution in [1.82, 2.24) is 25.2 Å². The molecule has 3 aliphatic heterocycles. The first-order valence-electron chi connectivity index (χ1n) is 21.5. The summed E-state index contributed by atoms with van der Waals surface area (Å²) >= 11 is 0. The molecule has 7 rings (SSSR count). The summed E-state index contributed by atoms with van der Waals surface area (Å²) in [5.74, 6) is -6.80. The van der Waals surface area contributed by atoms with Crippen molar-refractivity contribution < 1.29 is 55.3 Å². The van der Waals surface area contributed by atoms with E-state index in [2.05, 4.69) is 15.4 Å². The molecule has 2 aromatic rings. The quantitative estimate of drug-likeness (QED) is 0.242. The number of rotatable bonds is 10. The van der Waals surface area contributed by atoms with Crippen LogP contribution in [0.15, 0.2) is 30.4 Å². The fraction of sp³-hybridized carbons (Fsp3) is 0.659. The number of amides is 4. The van der Waals surface area contributed by atoms with Gasteiger partial charge < -0.3 is 34.5 Å². The number of allylic oxidation sites excluding steroid dienone is 1. The molecule has 1 spiro atoms. The zero-order valence-corrected chi connectivity index (χ0v) is 37.3. The van der Waals surface area contributed by atoms with Crippen LogP contribution in [0.5, 0.6) is 11.5 Å². The predicted molar refractivity (Wildman–Crippen MR) is 224 cm³/mol. The molecule has 62 heavy (non-hydrogen) atoms. The number of alkyl halides is 2. The summed E-state index contributed by atoms with van der Waals surface area (Å²) in [5.41, 5.74) is -4.29. The Morgan fingerprint density at radius 3 is 2.53 bits per heavy atom. The molecule has 340 valence electrons. The first kappa shape index (κ1) is 45.4. The number of hydrogen-bond acceptors (Lipinski definition) is 11. The number of pyridine rings is 1. The molecule has 2 aliphatic carbocycles. The van der Waals surface area contributed by atoms with Gasteiger partial charge in [0, 0.05) is 37.9 Å². The standard InChI is InChI=1S/C44H59F2N5O10S/c1-26(2)34-35-33(29-21-28(59-7)15-16-30(29)47-34)44(45,46)24-42(60-35)23-32-36(52)49-43(38(54)50-62(56,57)41(5)17-18-41)22-27(43)13-11-9-8-10-12-14-31(37(53)51(32)25-42)48-39(55)61-40(3,4)19-20-58-6/h11,13,15-16,21,26-27,31-32H,8-10,12,14,17-20,22-25H2,1-7H3,(H,48,55)(H,49,52)(H,50,54)/b13-11-/t27-,31+,32+,42+,43-/m1/s1. The van der Waals surface area contributed by atoms with Crippen molar-refractivity contribution in [3.8, 4) is 11.5 Å². The number of hydrogen-bond donors (Lipinski definition) is 3. The second-order valence-electron chi connectivity index (χ2n) is 18.9. The highest BCUT2D eigenvalue weighted by Crippen LogP contribution is 2.56. The summed E-state index contributed by atoms with van der Waals surface area (Å²) in [6.45, 7) is 8.38. The number of carbonyl (C=O) groups excluding carboxylic acids is 4. The number of ether oxygens (including phenoxy) is 4. The molecule has 4 heterocycles. The van der Waals surface area contributed by atoms with Crippen molar-refractivity contribution in [3.63, 3.8) is 0 Å². The van der Waals surface area contributed by atoms with Crippen LogP contribution in [0.25, 0.3) is 10.9 Å². The summed E-state index contributed by atoms with van der Waals surface area (Å²) in [6.07, 6.45) is 5.23. The molecule has 4 amide bonds. The molecule has 0 radical (unpaired) electrons. The highest BCUT2D eigenvalue weighted by molar-refractivity contribution is 7.91. The van der Waals surface area contributed by atoms with Crippen LogP contribution in [0.3, 0.4) is 0 Å². The summed E-state index contributed by atoms with van der Waals surface area (Å²) in [4.78, 5) is 63.2. The lowest BCUT2D eigenvalue weighted by Crippen LogP contribution is -2.58. The van der Waals surface area contributed by atoms with Gasteiger partial charge in [-0.15, -0.1) is 0 Å². The number of alkyl carbamates (subject to hydrolysis) is 1. The van der Waals surface area contributed by atoms with Gasteiger partial charge in [0.05, 0.1) is 41.6 Å². The zero-order chi connectivity index (χ0) is 45.0. The van der Waals surface area contributed by atoms with Gasteiger partial charge in [-0.05, 0) is 83.4 Å². The van der Waals surface area contributed by atoms with Gasteiger partial charge in [-0.2, -0.15) is 0 Å². The van der Waals surface area contributed by atoms with E-state index in [-0.39, 0.29) is 41.2 Å². The summed E-state index contributed by atoms with van der Waals surface area (Å²) in [6, 6.07) is 2.01. The molecular weight excluding hydrogens is 829 g/mol. The van der Waals surface area contributed by atoms with E-state index in [9.17, 15) is 27.6 Å². The monoisotopic (exact) mass is 887 g/mol. The zero-order valence-electron chi connectivity index (χ0n) is 36.5. The minimum Gasteiger partial charge on any atom is -0.497 e. The number of benzene rings is 1. The van der Waals surface area contributed by atoms with E-state index in [1.807, 2.05) is 6.08 Å². The van der Waals surface area contributed by atoms with Gasteiger partial charge in [0.25, 0.3) is 11.8 Å². The van der Waals surface area contributed by atoms with E-state index in [1.165, 1.54) is 20.3 Å². The number of aromatic nitrogens is 1. The maximum Gasteiger partial charge on any atom is 0.408 e. The molecule has 0 bridgehead atoms. The smallest absolute Gasteiger partial charge is 0.408 e. The number of fused-ring (bicyclic) bond motifs is 5. The van der Waals surface area contributed by atoms with Crippen molar-refractivity contribution in [2.24, 2.45) is 5.92 Å². The Kier molecular flexibility index (Phi) is 12.1. The molecule has 3 N–H and O–H groups in total. The third-order valence-electron chi connectivity index (χ3n) is 13.1. The van der Waals surface area contributed by atoms with Crippen molar-refractivity contribution in [2.45, 2.75) is 151 Å². The van der Waals surface area contributed by atoms with Gasteiger partial charge >= 0.3 is 6.09 Å². The van der Waals surface area contributed by atoms with E-state index in [4.69, 9.17) is 23.9 Å². The first-order chi connectivity index (χ1) is 29.1. The van der Waals surface area contributed by atoms with Crippen LogP contribution in [0.4, 0.5) is 13.6 Å². The van der Waals surface area contributed by atoms with Crippen LogP contribution in [0.1, 0.15) is 122 Å². The lowest BCUT2D eigenvalue weighted by atomic mass is 9.83. The summed E-state index contributed by atoms with van der Waals surface area (Å²) in [5, 5.41) is 5.65. The van der Waals surface area contributed by atoms with Gasteiger partial charge in [0.15, 0.2) is 5.75 Å². The third kappa shape index (κ3) is 8.82. The first-order valence-corrected chi connectivity index (χ1v) is 23.0. The Morgan fingerprint density at radius 1 is 1.11 bits per heavy atom. The normalized spacial score (nSPS) is 28.6. The van der Waals surface area contributed by atoms with Gasteiger partial charge in [-0.25, -0.2) is 27.0 Å². The minimum atomic E-state index is -4.10. The molecule has 2 saturated carbocycles. The fourth-order valence-electron chi connectivity index (χ4n) is 8.98. The summed E-state index contributed by atoms with van der Waals surface area (Å²) < 4.78 is 84.9. The highest BCUT2D eigenvalue weighted by atomic mass is 32.2. The van der Waals surface area contributed by atoms with Crippen molar-refractivity contribution in [1.29, 1.82) is 0 Å². The predicted octanol–water partition coefficient (Wildman–Crippen LogP) is 5.88. The second kappa shape index (κ2) is 16.5. The second-order valence-corrected chi connectivity index (χ2v) is 21.1. The van der Waals surface area contributed by atoms with E-state index in [0.29, 0.717) is 62.8 Å². The molecule has 5 atom stereocenters. The number of nitrogens with zero attached hydrogens (tertiary/aromatic N) is 2. The van der Waals surface area contributed by atoms with E-state index in [1.54, 1.807) is 52.8 Å². The lowest BCUT2D eigenvalue weighted by molar-refractivity contribution is -0.141. The minimum absolute atomic E-state index is 0.0793. The Balaban J connectivity index is 1.28. The Hall–Kier alpha value is -4.58. The van der Waals surface area contributed by atoms with Crippen LogP contribution in [-0.4, -0.2) is 103 Å². The third-order valence-corrected chi connectivity index (χ3v) is 15.3. The average molecular weight is 888 g/mol. The van der Waals surface area contributed by atoms with E-state index >= 15 is 8.78 Å². The SMILES string of the molecule is COCCC(C)(C)OC(=O)N[C@H]1CCCCC/C=C\[C@@H]2C[C@@]2(C(=O)NS(=O)(=O)C2(C)CC2)NC(=O)[C@@H]2C[C@@]3(CN2C1=O)CC(F)(F)c1c(c(C(C)C)nc2ccc(OC)cc12)O3. The average Bonchev–Trinajstić information content (AvgIpc) is 4.09. The molecule has 1 saturated heterocycles. The van der Waals surface area contributed by atoms with E-state index < -0.39 is 98.6 Å². The largest absolute Gasteiger partial charge is 0.497 e. The number of halogens is 2. The molecule has 0 unspecified atom stereocenters. The molecule has 15 nitrogen and oxygen atoms in total. The molecule has 1 aromatic heterocycles. The topological polar surface area (TPSA) is 192 Å². The summed E-state index contributed by atoms with van der Waals surface area (Å²) in [7, 11) is -1.15. The number of carbonyl (C=O) groups is 4. The number of methoxy groups -OCH3 is 2.